The molecule has 1 spiro atoms. The number of carbonyl (C=O) groups excluding carboxylic acids is 1. The number of likely N-dealkylation sites (tertiary alicyclic amines) is 1. The van der Waals surface area contributed by atoms with Gasteiger partial charge in [-0.15, -0.1) is 0 Å². The van der Waals surface area contributed by atoms with Gasteiger partial charge in [0.1, 0.15) is 0 Å². The molecule has 1 unspecified atom stereocenters. The molecule has 1 fully saturated rings. The average molecular weight is 271 g/mol. The lowest BCUT2D eigenvalue weighted by Crippen LogP contribution is -2.50. The minimum Gasteiger partial charge on any atom is -0.376 e. The third kappa shape index (κ3) is 2.63. The Bertz CT molecular complexity index is 497. The number of allylic oxidation sites excluding steroid dienone is 1. The van der Waals surface area contributed by atoms with Crippen molar-refractivity contribution in [3.8, 4) is 0 Å². The molecular formula is C17H21NO2. The SMILES string of the molecule is O=C1N(Cc2ccccc2)CCCC12CC=CCOC2. The number of nitrogens with zero attached hydrogens (tertiary/aromatic N) is 1. The maximum absolute atomic E-state index is 12.9. The standard InChI is InChI=1S/C17H21NO2/c19-16-17(9-4-5-12-20-14-17)10-6-11-18(16)13-15-7-2-1-3-8-15/h1-5,7-8H,6,9-14H2. The minimum absolute atomic E-state index is 0.263. The van der Waals surface area contributed by atoms with Crippen LogP contribution < -0.4 is 0 Å². The van der Waals surface area contributed by atoms with E-state index in [1.807, 2.05) is 29.2 Å². The third-order valence-electron chi connectivity index (χ3n) is 4.31. The summed E-state index contributed by atoms with van der Waals surface area (Å²) in [5.74, 6) is 0.263. The van der Waals surface area contributed by atoms with Crippen LogP contribution in [-0.2, 0) is 16.1 Å². The van der Waals surface area contributed by atoms with Gasteiger partial charge in [-0.3, -0.25) is 4.79 Å². The van der Waals surface area contributed by atoms with E-state index in [2.05, 4.69) is 18.2 Å². The van der Waals surface area contributed by atoms with Gasteiger partial charge < -0.3 is 9.64 Å². The van der Waals surface area contributed by atoms with E-state index in [-0.39, 0.29) is 11.3 Å². The van der Waals surface area contributed by atoms with E-state index in [0.717, 1.165) is 25.8 Å². The molecule has 1 amide bonds. The van der Waals surface area contributed by atoms with Crippen LogP contribution in [-0.4, -0.2) is 30.6 Å². The van der Waals surface area contributed by atoms with Gasteiger partial charge in [0.15, 0.2) is 0 Å². The largest absolute Gasteiger partial charge is 0.376 e. The fourth-order valence-electron chi connectivity index (χ4n) is 3.19. The zero-order valence-corrected chi connectivity index (χ0v) is 11.8. The molecule has 1 saturated heterocycles. The Morgan fingerprint density at radius 2 is 2.05 bits per heavy atom. The van der Waals surface area contributed by atoms with E-state index in [1.54, 1.807) is 0 Å². The van der Waals surface area contributed by atoms with Crippen molar-refractivity contribution >= 4 is 5.91 Å². The van der Waals surface area contributed by atoms with Gasteiger partial charge >= 0.3 is 0 Å². The molecular weight excluding hydrogens is 250 g/mol. The maximum atomic E-state index is 12.9. The van der Waals surface area contributed by atoms with Gasteiger partial charge in [-0.05, 0) is 24.8 Å². The van der Waals surface area contributed by atoms with Gasteiger partial charge in [-0.1, -0.05) is 42.5 Å². The lowest BCUT2D eigenvalue weighted by molar-refractivity contribution is -0.151. The van der Waals surface area contributed by atoms with Gasteiger partial charge in [-0.25, -0.2) is 0 Å². The topological polar surface area (TPSA) is 29.5 Å². The highest BCUT2D eigenvalue weighted by molar-refractivity contribution is 5.84. The first-order valence-electron chi connectivity index (χ1n) is 7.36. The number of ether oxygens (including phenoxy) is 1. The Kier molecular flexibility index (Phi) is 3.88. The van der Waals surface area contributed by atoms with Gasteiger partial charge in [0.2, 0.25) is 5.91 Å². The van der Waals surface area contributed by atoms with Crippen LogP contribution in [0.25, 0.3) is 0 Å². The Morgan fingerprint density at radius 1 is 1.20 bits per heavy atom. The highest BCUT2D eigenvalue weighted by Gasteiger charge is 2.43. The predicted octanol–water partition coefficient (Wildman–Crippen LogP) is 2.77. The van der Waals surface area contributed by atoms with Crippen LogP contribution in [0, 0.1) is 5.41 Å². The number of benzene rings is 1. The second kappa shape index (κ2) is 5.80. The molecule has 1 atom stereocenters. The van der Waals surface area contributed by atoms with Crippen LogP contribution in [0.4, 0.5) is 0 Å². The van der Waals surface area contributed by atoms with E-state index in [4.69, 9.17) is 4.74 Å². The summed E-state index contributed by atoms with van der Waals surface area (Å²) in [7, 11) is 0. The Hall–Kier alpha value is -1.61. The quantitative estimate of drug-likeness (QED) is 0.774. The number of piperidine rings is 1. The predicted molar refractivity (Wildman–Crippen MR) is 78.1 cm³/mol. The van der Waals surface area contributed by atoms with Crippen molar-refractivity contribution in [2.24, 2.45) is 5.41 Å². The molecule has 106 valence electrons. The fraction of sp³-hybridized carbons (Fsp3) is 0.471. The number of hydrogen-bond acceptors (Lipinski definition) is 2. The van der Waals surface area contributed by atoms with Crippen LogP contribution in [0.1, 0.15) is 24.8 Å². The summed E-state index contributed by atoms with van der Waals surface area (Å²) in [5.41, 5.74) is 0.878. The molecule has 20 heavy (non-hydrogen) atoms. The maximum Gasteiger partial charge on any atom is 0.231 e. The van der Waals surface area contributed by atoms with Crippen LogP contribution in [0.3, 0.4) is 0 Å². The highest BCUT2D eigenvalue weighted by Crippen LogP contribution is 2.37. The molecule has 3 heteroatoms. The van der Waals surface area contributed by atoms with Crippen molar-refractivity contribution in [1.82, 2.24) is 4.90 Å². The fourth-order valence-corrected chi connectivity index (χ4v) is 3.19. The molecule has 0 saturated carbocycles. The molecule has 2 aliphatic heterocycles. The van der Waals surface area contributed by atoms with Crippen LogP contribution in [0.2, 0.25) is 0 Å². The lowest BCUT2D eigenvalue weighted by atomic mass is 9.77. The Labute approximate surface area is 120 Å². The molecule has 0 N–H and O–H groups in total. The van der Waals surface area contributed by atoms with Crippen molar-refractivity contribution in [2.45, 2.75) is 25.8 Å². The van der Waals surface area contributed by atoms with Gasteiger partial charge in [0.05, 0.1) is 18.6 Å². The summed E-state index contributed by atoms with van der Waals surface area (Å²) in [5, 5.41) is 0. The van der Waals surface area contributed by atoms with Crippen LogP contribution in [0.15, 0.2) is 42.5 Å². The van der Waals surface area contributed by atoms with E-state index < -0.39 is 0 Å². The van der Waals surface area contributed by atoms with E-state index in [9.17, 15) is 4.79 Å². The van der Waals surface area contributed by atoms with Crippen molar-refractivity contribution < 1.29 is 9.53 Å². The monoisotopic (exact) mass is 271 g/mol. The highest BCUT2D eigenvalue weighted by atomic mass is 16.5. The second-order valence-corrected chi connectivity index (χ2v) is 5.79. The van der Waals surface area contributed by atoms with E-state index in [0.29, 0.717) is 19.8 Å². The van der Waals surface area contributed by atoms with Crippen molar-refractivity contribution in [3.05, 3.63) is 48.0 Å². The first kappa shape index (κ1) is 13.4. The molecule has 0 aromatic heterocycles. The zero-order valence-electron chi connectivity index (χ0n) is 11.8. The smallest absolute Gasteiger partial charge is 0.231 e. The summed E-state index contributed by atoms with van der Waals surface area (Å²) in [6.45, 7) is 2.77. The summed E-state index contributed by atoms with van der Waals surface area (Å²) >= 11 is 0. The normalized spacial score (nSPS) is 26.8. The minimum atomic E-state index is -0.319. The van der Waals surface area contributed by atoms with Gasteiger partial charge in [-0.2, -0.15) is 0 Å². The molecule has 0 aliphatic carbocycles. The number of rotatable bonds is 2. The average Bonchev–Trinajstić information content (AvgIpc) is 2.72. The number of amides is 1. The lowest BCUT2D eigenvalue weighted by Gasteiger charge is -2.40. The molecule has 1 aromatic carbocycles. The first-order valence-corrected chi connectivity index (χ1v) is 7.36. The zero-order chi connectivity index (χ0) is 13.8. The number of carbonyl (C=O) groups is 1. The van der Waals surface area contributed by atoms with Crippen molar-refractivity contribution in [3.63, 3.8) is 0 Å². The van der Waals surface area contributed by atoms with E-state index in [1.165, 1.54) is 5.56 Å². The Balaban J connectivity index is 1.76. The summed E-state index contributed by atoms with van der Waals surface area (Å²) in [6, 6.07) is 10.2. The van der Waals surface area contributed by atoms with Gasteiger partial charge in [0.25, 0.3) is 0 Å². The molecule has 1 aromatic rings. The second-order valence-electron chi connectivity index (χ2n) is 5.79. The van der Waals surface area contributed by atoms with E-state index >= 15 is 0 Å². The summed E-state index contributed by atoms with van der Waals surface area (Å²) in [4.78, 5) is 14.9. The summed E-state index contributed by atoms with van der Waals surface area (Å²) in [6.07, 6.45) is 6.96. The molecule has 0 bridgehead atoms. The first-order chi connectivity index (χ1) is 9.80. The molecule has 2 heterocycles. The Morgan fingerprint density at radius 3 is 2.90 bits per heavy atom. The third-order valence-corrected chi connectivity index (χ3v) is 4.31. The molecule has 3 rings (SSSR count). The molecule has 2 aliphatic rings. The van der Waals surface area contributed by atoms with Crippen LogP contribution >= 0.6 is 0 Å². The van der Waals surface area contributed by atoms with Crippen LogP contribution in [0.5, 0.6) is 0 Å². The van der Waals surface area contributed by atoms with Gasteiger partial charge in [0, 0.05) is 13.1 Å². The molecule has 0 radical (unpaired) electrons. The summed E-state index contributed by atoms with van der Waals surface area (Å²) < 4.78 is 5.62. The molecule has 3 nitrogen and oxygen atoms in total. The number of hydrogen-bond donors (Lipinski definition) is 0. The van der Waals surface area contributed by atoms with Crippen molar-refractivity contribution in [2.75, 3.05) is 19.8 Å². The van der Waals surface area contributed by atoms with Crippen molar-refractivity contribution in [1.29, 1.82) is 0 Å².